The number of benzene rings is 2. The Labute approximate surface area is 265 Å². The summed E-state index contributed by atoms with van der Waals surface area (Å²) < 4.78 is 0. The number of hydrogen-bond donors (Lipinski definition) is 2. The molecule has 5 aliphatic rings. The molecule has 7 atom stereocenters. The van der Waals surface area contributed by atoms with Crippen molar-refractivity contribution in [2.45, 2.75) is 83.3 Å². The zero-order chi connectivity index (χ0) is 31.1. The average Bonchev–Trinajstić information content (AvgIpc) is 3.62. The van der Waals surface area contributed by atoms with Crippen LogP contribution in [0, 0.1) is 36.0 Å². The molecule has 4 fully saturated rings. The first-order valence-electron chi connectivity index (χ1n) is 16.7. The number of nitrogens with zero attached hydrogens (tertiary/aromatic N) is 5. The Balaban J connectivity index is 1.26. The molecule has 6 unspecified atom stereocenters. The molecule has 8 heteroatoms. The number of amides is 2. The third-order valence-electron chi connectivity index (χ3n) is 11.2. The molecule has 1 aromatic heterocycles. The first-order valence-corrected chi connectivity index (χ1v) is 16.7. The lowest BCUT2D eigenvalue weighted by Crippen LogP contribution is -2.60. The Bertz CT molecular complexity index is 1750. The number of carbonyl (C=O) groups is 1. The summed E-state index contributed by atoms with van der Waals surface area (Å²) >= 11 is 0. The molecule has 4 aliphatic heterocycles. The summed E-state index contributed by atoms with van der Waals surface area (Å²) in [5.41, 5.74) is 5.43. The molecule has 2 aromatic carbocycles. The SMILES string of the molecule is C#Cc1cccc2cc(O)cc(N3CCC4C(C5C6CC7CCC(N7)[C@H]65)=NC(=O)N(c5c(C(C)C)ncnc5C(C)C)C4C3)c12. The highest BCUT2D eigenvalue weighted by atomic mass is 16.3. The first kappa shape index (κ1) is 28.5. The van der Waals surface area contributed by atoms with E-state index < -0.39 is 0 Å². The Hall–Kier alpha value is -3.96. The fourth-order valence-corrected chi connectivity index (χ4v) is 9.32. The zero-order valence-electron chi connectivity index (χ0n) is 26.6. The third-order valence-corrected chi connectivity index (χ3v) is 11.2. The van der Waals surface area contributed by atoms with E-state index in [0.29, 0.717) is 36.4 Å². The van der Waals surface area contributed by atoms with E-state index in [-0.39, 0.29) is 35.6 Å². The maximum absolute atomic E-state index is 14.5. The number of fused-ring (bicyclic) bond motifs is 6. The predicted octanol–water partition coefficient (Wildman–Crippen LogP) is 6.23. The molecular weight excluding hydrogens is 560 g/mol. The van der Waals surface area contributed by atoms with E-state index >= 15 is 0 Å². The number of aliphatic imine (C=N–C) groups is 1. The van der Waals surface area contributed by atoms with E-state index in [0.717, 1.165) is 57.8 Å². The first-order chi connectivity index (χ1) is 21.7. The molecule has 8 rings (SSSR count). The highest BCUT2D eigenvalue weighted by Crippen LogP contribution is 2.60. The van der Waals surface area contributed by atoms with Gasteiger partial charge < -0.3 is 15.3 Å². The summed E-state index contributed by atoms with van der Waals surface area (Å²) in [6, 6.07) is 10.3. The van der Waals surface area contributed by atoms with E-state index in [1.54, 1.807) is 12.4 Å². The van der Waals surface area contributed by atoms with Gasteiger partial charge in [0.1, 0.15) is 12.1 Å². The predicted molar refractivity (Wildman–Crippen MR) is 178 cm³/mol. The van der Waals surface area contributed by atoms with Crippen LogP contribution < -0.4 is 15.1 Å². The number of rotatable bonds is 5. The van der Waals surface area contributed by atoms with Crippen LogP contribution >= 0.6 is 0 Å². The Morgan fingerprint density at radius 2 is 1.84 bits per heavy atom. The molecule has 232 valence electrons. The van der Waals surface area contributed by atoms with Crippen molar-refractivity contribution in [1.29, 1.82) is 0 Å². The minimum atomic E-state index is -0.196. The van der Waals surface area contributed by atoms with Crippen LogP contribution in [-0.4, -0.2) is 58.0 Å². The van der Waals surface area contributed by atoms with Crippen LogP contribution in [0.2, 0.25) is 0 Å². The van der Waals surface area contributed by atoms with Crippen LogP contribution in [0.3, 0.4) is 0 Å². The molecule has 2 bridgehead atoms. The van der Waals surface area contributed by atoms with Crippen molar-refractivity contribution in [2.24, 2.45) is 28.7 Å². The van der Waals surface area contributed by atoms with Crippen molar-refractivity contribution >= 4 is 33.9 Å². The van der Waals surface area contributed by atoms with Crippen LogP contribution in [0.1, 0.15) is 82.2 Å². The molecular formula is C37H42N6O2. The molecule has 2 amide bonds. The smallest absolute Gasteiger partial charge is 0.348 e. The van der Waals surface area contributed by atoms with E-state index in [9.17, 15) is 9.90 Å². The van der Waals surface area contributed by atoms with Crippen molar-refractivity contribution < 1.29 is 9.90 Å². The average molecular weight is 603 g/mol. The number of aromatic nitrogens is 2. The highest BCUT2D eigenvalue weighted by Gasteiger charge is 2.63. The minimum Gasteiger partial charge on any atom is -0.508 e. The third kappa shape index (κ3) is 4.46. The molecule has 5 heterocycles. The normalized spacial score (nSPS) is 30.4. The lowest BCUT2D eigenvalue weighted by Gasteiger charge is -2.48. The molecule has 0 radical (unpaired) electrons. The van der Waals surface area contributed by atoms with Crippen molar-refractivity contribution in [1.82, 2.24) is 15.3 Å². The zero-order valence-corrected chi connectivity index (χ0v) is 26.6. The number of urea groups is 1. The van der Waals surface area contributed by atoms with Crippen LogP contribution in [0.25, 0.3) is 10.8 Å². The molecule has 45 heavy (non-hydrogen) atoms. The number of phenols is 1. The Kier molecular flexibility index (Phi) is 6.69. The molecule has 3 saturated heterocycles. The fourth-order valence-electron chi connectivity index (χ4n) is 9.32. The Morgan fingerprint density at radius 1 is 1.07 bits per heavy atom. The van der Waals surface area contributed by atoms with E-state index in [1.165, 1.54) is 19.3 Å². The van der Waals surface area contributed by atoms with Gasteiger partial charge in [-0.3, -0.25) is 4.90 Å². The second-order valence-electron chi connectivity index (χ2n) is 14.5. The minimum absolute atomic E-state index is 0.109. The van der Waals surface area contributed by atoms with Gasteiger partial charge in [-0.15, -0.1) is 6.42 Å². The summed E-state index contributed by atoms with van der Waals surface area (Å²) in [5.74, 6) is 5.03. The number of phenolic OH excluding ortho intramolecular Hbond substituents is 1. The molecule has 2 N–H and O–H groups in total. The summed E-state index contributed by atoms with van der Waals surface area (Å²) in [6.45, 7) is 9.89. The summed E-state index contributed by atoms with van der Waals surface area (Å²) in [7, 11) is 0. The number of carbonyl (C=O) groups excluding carboxylic acids is 1. The number of nitrogens with one attached hydrogen (secondary N) is 1. The van der Waals surface area contributed by atoms with Gasteiger partial charge >= 0.3 is 6.03 Å². The van der Waals surface area contributed by atoms with Crippen LogP contribution in [0.15, 0.2) is 41.7 Å². The van der Waals surface area contributed by atoms with Gasteiger partial charge in [0, 0.05) is 65.4 Å². The van der Waals surface area contributed by atoms with Gasteiger partial charge in [0.15, 0.2) is 0 Å². The number of piperidine rings is 2. The fraction of sp³-hybridized carbons (Fsp3) is 0.514. The summed E-state index contributed by atoms with van der Waals surface area (Å²) in [4.78, 5) is 33.3. The second-order valence-corrected chi connectivity index (χ2v) is 14.5. The molecule has 1 saturated carbocycles. The number of anilines is 2. The van der Waals surface area contributed by atoms with Gasteiger partial charge in [-0.25, -0.2) is 19.8 Å². The van der Waals surface area contributed by atoms with E-state index in [2.05, 4.69) is 43.8 Å². The highest BCUT2D eigenvalue weighted by molar-refractivity contribution is 6.10. The lowest BCUT2D eigenvalue weighted by molar-refractivity contribution is 0.245. The van der Waals surface area contributed by atoms with Crippen molar-refractivity contribution in [3.63, 3.8) is 0 Å². The van der Waals surface area contributed by atoms with Gasteiger partial charge in [-0.05, 0) is 66.9 Å². The lowest BCUT2D eigenvalue weighted by atomic mass is 9.80. The molecule has 8 nitrogen and oxygen atoms in total. The monoisotopic (exact) mass is 602 g/mol. The van der Waals surface area contributed by atoms with Crippen LogP contribution in [0.4, 0.5) is 16.2 Å². The molecule has 0 spiro atoms. The van der Waals surface area contributed by atoms with Gasteiger partial charge in [-0.2, -0.15) is 0 Å². The quantitative estimate of drug-likeness (QED) is 0.337. The summed E-state index contributed by atoms with van der Waals surface area (Å²) in [6.07, 6.45) is 12.2. The van der Waals surface area contributed by atoms with Crippen molar-refractivity contribution in [3.05, 3.63) is 53.6 Å². The van der Waals surface area contributed by atoms with Gasteiger partial charge in [0.2, 0.25) is 0 Å². The topological polar surface area (TPSA) is 94.0 Å². The van der Waals surface area contributed by atoms with Crippen molar-refractivity contribution in [3.8, 4) is 18.1 Å². The molecule has 1 aliphatic carbocycles. The van der Waals surface area contributed by atoms with E-state index in [4.69, 9.17) is 21.4 Å². The summed E-state index contributed by atoms with van der Waals surface area (Å²) in [5, 5.41) is 16.5. The van der Waals surface area contributed by atoms with Crippen LogP contribution in [-0.2, 0) is 0 Å². The maximum Gasteiger partial charge on any atom is 0.348 e. The maximum atomic E-state index is 14.5. The largest absolute Gasteiger partial charge is 0.508 e. The Morgan fingerprint density at radius 3 is 2.58 bits per heavy atom. The number of aromatic hydroxyl groups is 1. The van der Waals surface area contributed by atoms with Crippen molar-refractivity contribution in [2.75, 3.05) is 22.9 Å². The molecule has 3 aromatic rings. The van der Waals surface area contributed by atoms with E-state index in [1.807, 2.05) is 29.2 Å². The second kappa shape index (κ2) is 10.6. The standard InChI is InChI=1S/C37H42N6O2/c1-6-21-8-7-9-22-14-24(44)16-28(30(21)22)42-13-12-25-29(17-42)43(36-33(19(2)3)38-18-39-34(36)20(4)5)37(45)41-35(25)32-26-15-23-10-11-27(40-23)31(26)32/h1,7-9,14,16,18-20,23,25-27,29,31-32,40,44H,10-13,15,17H2,2-5H3/t23?,25?,26?,27?,29?,31-,32?/m0/s1. The number of hydrogen-bond acceptors (Lipinski definition) is 6. The van der Waals surface area contributed by atoms with Gasteiger partial charge in [-0.1, -0.05) is 45.7 Å². The van der Waals surface area contributed by atoms with Crippen LogP contribution in [0.5, 0.6) is 5.75 Å². The number of terminal acetylenes is 1. The van der Waals surface area contributed by atoms with Gasteiger partial charge in [0.05, 0.1) is 23.1 Å². The van der Waals surface area contributed by atoms with Gasteiger partial charge in [0.25, 0.3) is 0 Å².